The van der Waals surface area contributed by atoms with Gasteiger partial charge in [0, 0.05) is 47.8 Å². The van der Waals surface area contributed by atoms with E-state index in [9.17, 15) is 0 Å². The maximum absolute atomic E-state index is 2.96. The van der Waals surface area contributed by atoms with Crippen LogP contribution >= 0.6 is 0 Å². The summed E-state index contributed by atoms with van der Waals surface area (Å²) in [5.74, 6) is 0.830. The fraction of sp³-hybridized carbons (Fsp3) is 0.605. The molecule has 1 aliphatic heterocycles. The van der Waals surface area contributed by atoms with Crippen molar-refractivity contribution >= 4 is 0 Å². The van der Waals surface area contributed by atoms with E-state index in [0.29, 0.717) is 0 Å². The van der Waals surface area contributed by atoms with Gasteiger partial charge in [-0.05, 0) is 133 Å². The highest BCUT2D eigenvalue weighted by Crippen LogP contribution is 2.55. The van der Waals surface area contributed by atoms with Crippen molar-refractivity contribution in [2.75, 3.05) is 19.8 Å². The molecular formula is C81H120N2. The number of benzene rings is 4. The van der Waals surface area contributed by atoms with E-state index in [1.54, 1.807) is 0 Å². The van der Waals surface area contributed by atoms with Gasteiger partial charge in [-0.25, -0.2) is 0 Å². The van der Waals surface area contributed by atoms with Gasteiger partial charge in [0.2, 0.25) is 0 Å². The fourth-order valence-electron chi connectivity index (χ4n) is 13.8. The van der Waals surface area contributed by atoms with Crippen molar-refractivity contribution in [3.63, 3.8) is 0 Å². The van der Waals surface area contributed by atoms with Crippen LogP contribution in [0.4, 0.5) is 0 Å². The lowest BCUT2D eigenvalue weighted by atomic mass is 9.62. The molecule has 3 aliphatic rings. The number of rotatable bonds is 10. The molecule has 1 saturated heterocycles. The molecule has 0 saturated carbocycles. The van der Waals surface area contributed by atoms with Crippen molar-refractivity contribution in [2.45, 2.75) is 287 Å². The molecule has 0 radical (unpaired) electrons. The van der Waals surface area contributed by atoms with E-state index in [1.165, 1.54) is 77.9 Å². The zero-order chi connectivity index (χ0) is 62.6. The molecule has 1 heterocycles. The van der Waals surface area contributed by atoms with E-state index in [4.69, 9.17) is 0 Å². The smallest absolute Gasteiger partial charge is 0.0519 e. The molecule has 454 valence electrons. The SMILES string of the molecule is C[C@H](c1cc(C(C)(C)C)cc(C(C)(C)C)c1)C1(C)C=CC=C([C@H](C)c2cc(C(C)(C)C)cc(C(C)(C)C)c2)C1N1CCN(C2C([C@H](C)c3cc(C(C)(C)C)cc(C(C)(C)C)c3)=CC=CC2(C)[C@H](C)c2cc(C(C)(C)C)cc(C(C)(C)C)c2)C1. The Balaban J connectivity index is 1.46. The van der Waals surface area contributed by atoms with Crippen LogP contribution in [0.3, 0.4) is 0 Å². The summed E-state index contributed by atoms with van der Waals surface area (Å²) in [4.78, 5) is 5.92. The second kappa shape index (κ2) is 22.5. The summed E-state index contributed by atoms with van der Waals surface area (Å²) in [6.45, 7) is 75.6. The Morgan fingerprint density at radius 2 is 0.530 bits per heavy atom. The van der Waals surface area contributed by atoms with Crippen LogP contribution in [0.2, 0.25) is 0 Å². The summed E-state index contributed by atoms with van der Waals surface area (Å²) in [7, 11) is 0. The van der Waals surface area contributed by atoms with Crippen LogP contribution in [0, 0.1) is 10.8 Å². The van der Waals surface area contributed by atoms with E-state index >= 15 is 0 Å². The highest BCUT2D eigenvalue weighted by atomic mass is 15.4. The van der Waals surface area contributed by atoms with Crippen LogP contribution in [0.1, 0.15) is 298 Å². The van der Waals surface area contributed by atoms with Gasteiger partial charge in [0.15, 0.2) is 0 Å². The Morgan fingerprint density at radius 3 is 0.735 bits per heavy atom. The Kier molecular flexibility index (Phi) is 18.0. The topological polar surface area (TPSA) is 6.48 Å². The van der Waals surface area contributed by atoms with Crippen LogP contribution in [0.15, 0.2) is 120 Å². The Labute approximate surface area is 511 Å². The number of allylic oxidation sites excluding steroid dienone is 4. The van der Waals surface area contributed by atoms with Crippen molar-refractivity contribution in [1.29, 1.82) is 0 Å². The van der Waals surface area contributed by atoms with Gasteiger partial charge in [-0.3, -0.25) is 9.80 Å². The summed E-state index contributed by atoms with van der Waals surface area (Å²) < 4.78 is 0. The summed E-state index contributed by atoms with van der Waals surface area (Å²) in [5, 5.41) is 0. The average molecular weight is 1120 g/mol. The first-order valence-electron chi connectivity index (χ1n) is 32.5. The molecule has 0 amide bonds. The first-order chi connectivity index (χ1) is 37.6. The molecule has 2 aliphatic carbocycles. The zero-order valence-electron chi connectivity index (χ0n) is 58.9. The van der Waals surface area contributed by atoms with Gasteiger partial charge in [0.25, 0.3) is 0 Å². The molecule has 0 N–H and O–H groups in total. The summed E-state index contributed by atoms with van der Waals surface area (Å²) >= 11 is 0. The standard InChI is InChI=1S/C81H120N2/c1-52(56-39-60(72(5,6)7)47-61(40-56)73(8,9)10)68-33-31-35-80(29,54(3)58-43-64(76(17,18)19)49-65(44-58)77(20,21)22)70(68)82-37-38-83(51-82)71-69(53(2)57-41-62(74(11,12)13)48-63(42-57)75(14,15)16)34-32-36-81(71,30)55(4)59-45-66(78(23,24)25)50-67(46-59)79(26,27)28/h31-36,39-50,52-55,70-71H,37-38,51H2,1-30H3/t52-,53-,54-,55-,70?,71?,80?,81?/m1/s1. The lowest BCUT2D eigenvalue weighted by Crippen LogP contribution is -2.53. The molecule has 1 fully saturated rings. The first-order valence-corrected chi connectivity index (χ1v) is 32.5. The molecule has 7 rings (SSSR count). The zero-order valence-corrected chi connectivity index (χ0v) is 58.9. The van der Waals surface area contributed by atoms with Gasteiger partial charge in [-0.2, -0.15) is 0 Å². The van der Waals surface area contributed by atoms with Crippen molar-refractivity contribution in [3.8, 4) is 0 Å². The lowest BCUT2D eigenvalue weighted by molar-refractivity contribution is 0.0770. The largest absolute Gasteiger partial charge is 0.282 e. The van der Waals surface area contributed by atoms with E-state index in [-0.39, 0.29) is 89.9 Å². The Morgan fingerprint density at radius 1 is 0.325 bits per heavy atom. The molecule has 0 spiro atoms. The third-order valence-electron chi connectivity index (χ3n) is 20.7. The predicted octanol–water partition coefficient (Wildman–Crippen LogP) is 21.9. The highest BCUT2D eigenvalue weighted by Gasteiger charge is 2.52. The van der Waals surface area contributed by atoms with E-state index in [0.717, 1.165) is 19.8 Å². The summed E-state index contributed by atoms with van der Waals surface area (Å²) in [6.07, 6.45) is 15.2. The third kappa shape index (κ3) is 14.0. The summed E-state index contributed by atoms with van der Waals surface area (Å²) in [5.41, 5.74) is 19.9. The Hall–Kier alpha value is -4.24. The molecule has 4 aromatic rings. The molecule has 0 bridgehead atoms. The normalized spacial score (nSPS) is 23.5. The number of hydrogen-bond donors (Lipinski definition) is 0. The van der Waals surface area contributed by atoms with Crippen LogP contribution in [-0.4, -0.2) is 41.6 Å². The van der Waals surface area contributed by atoms with Gasteiger partial charge < -0.3 is 0 Å². The quantitative estimate of drug-likeness (QED) is 0.156. The maximum atomic E-state index is 2.96. The Bertz CT molecular complexity index is 2780. The maximum Gasteiger partial charge on any atom is 0.0519 e. The van der Waals surface area contributed by atoms with Crippen LogP contribution < -0.4 is 0 Å². The number of hydrogen-bond acceptors (Lipinski definition) is 2. The molecule has 2 nitrogen and oxygen atoms in total. The minimum atomic E-state index is -0.239. The molecule has 0 aromatic heterocycles. The lowest BCUT2D eigenvalue weighted by Gasteiger charge is -2.51. The van der Waals surface area contributed by atoms with Crippen molar-refractivity contribution in [3.05, 3.63) is 187 Å². The predicted molar refractivity (Wildman–Crippen MR) is 366 cm³/mol. The molecule has 4 unspecified atom stereocenters. The van der Waals surface area contributed by atoms with Crippen LogP contribution in [-0.2, 0) is 43.3 Å². The first kappa shape index (κ1) is 66.3. The van der Waals surface area contributed by atoms with Gasteiger partial charge in [0.1, 0.15) is 0 Å². The minimum Gasteiger partial charge on any atom is -0.282 e. The van der Waals surface area contributed by atoms with Gasteiger partial charge in [-0.1, -0.05) is 317 Å². The molecule has 83 heavy (non-hydrogen) atoms. The molecule has 4 aromatic carbocycles. The fourth-order valence-corrected chi connectivity index (χ4v) is 13.8. The minimum absolute atomic E-state index is 0.0155. The van der Waals surface area contributed by atoms with E-state index in [1.807, 2.05) is 0 Å². The molecule has 2 heteroatoms. The highest BCUT2D eigenvalue weighted by molar-refractivity contribution is 5.50. The second-order valence-corrected chi connectivity index (χ2v) is 35.6. The monoisotopic (exact) mass is 1120 g/mol. The number of nitrogens with zero attached hydrogens (tertiary/aromatic N) is 2. The van der Waals surface area contributed by atoms with Crippen molar-refractivity contribution in [2.24, 2.45) is 10.8 Å². The van der Waals surface area contributed by atoms with Crippen LogP contribution in [0.25, 0.3) is 0 Å². The van der Waals surface area contributed by atoms with E-state index in [2.05, 4.69) is 327 Å². The molecular weight excluding hydrogens is 1000 g/mol. The molecule has 8 atom stereocenters. The summed E-state index contributed by atoms with van der Waals surface area (Å²) in [6, 6.07) is 30.8. The van der Waals surface area contributed by atoms with Crippen LogP contribution in [0.5, 0.6) is 0 Å². The van der Waals surface area contributed by atoms with Gasteiger partial charge in [-0.15, -0.1) is 0 Å². The van der Waals surface area contributed by atoms with E-state index < -0.39 is 0 Å². The van der Waals surface area contributed by atoms with Gasteiger partial charge >= 0.3 is 0 Å². The van der Waals surface area contributed by atoms with Crippen molar-refractivity contribution < 1.29 is 0 Å². The second-order valence-electron chi connectivity index (χ2n) is 35.6. The van der Waals surface area contributed by atoms with Crippen molar-refractivity contribution in [1.82, 2.24) is 9.80 Å². The van der Waals surface area contributed by atoms with Gasteiger partial charge in [0.05, 0.1) is 6.67 Å². The third-order valence-corrected chi connectivity index (χ3v) is 20.7. The average Bonchev–Trinajstić information content (AvgIpc) is 2.38.